The van der Waals surface area contributed by atoms with Crippen molar-refractivity contribution in [3.63, 3.8) is 0 Å². The number of rotatable bonds is 9. The number of nitrogens with one attached hydrogen (secondary N) is 3. The van der Waals surface area contributed by atoms with Crippen LogP contribution in [0.4, 0.5) is 11.4 Å². The highest BCUT2D eigenvalue weighted by Crippen LogP contribution is 2.26. The molecule has 7 heteroatoms. The number of aryl methyl sites for hydroxylation is 2. The van der Waals surface area contributed by atoms with Crippen molar-refractivity contribution in [3.8, 4) is 5.75 Å². The van der Waals surface area contributed by atoms with Gasteiger partial charge in [0.25, 0.3) is 0 Å². The fourth-order valence-electron chi connectivity index (χ4n) is 4.39. The van der Waals surface area contributed by atoms with E-state index in [1.54, 1.807) is 0 Å². The molecule has 3 N–H and O–H groups in total. The highest BCUT2D eigenvalue weighted by atomic mass is 32.1. The standard InChI is InChI=1S/C29H39N3O3S/c1-20-14-15-21(2)25(18-20)35-17-9-16-29(3,4)27(34)32-28(36)31-24-13-8-12-23(19-24)30-26(33)22-10-6-5-7-11-22/h8,12-15,18-19,22H,5-7,9-11,16-17H2,1-4H3,(H,30,33)(H2,31,32,34,36). The molecule has 2 amide bonds. The Balaban J connectivity index is 1.45. The highest BCUT2D eigenvalue weighted by Gasteiger charge is 2.28. The van der Waals surface area contributed by atoms with Gasteiger partial charge < -0.3 is 20.7 Å². The van der Waals surface area contributed by atoms with Gasteiger partial charge in [-0.15, -0.1) is 0 Å². The molecule has 0 aliphatic heterocycles. The number of carbonyl (C=O) groups is 2. The Labute approximate surface area is 220 Å². The van der Waals surface area contributed by atoms with Crippen LogP contribution in [0.3, 0.4) is 0 Å². The smallest absolute Gasteiger partial charge is 0.231 e. The average molecular weight is 510 g/mol. The predicted molar refractivity (Wildman–Crippen MR) is 150 cm³/mol. The maximum atomic E-state index is 12.9. The van der Waals surface area contributed by atoms with E-state index < -0.39 is 5.41 Å². The third kappa shape index (κ3) is 8.33. The van der Waals surface area contributed by atoms with Crippen LogP contribution in [0, 0.1) is 25.2 Å². The number of carbonyl (C=O) groups excluding carboxylic acids is 2. The molecule has 0 unspecified atom stereocenters. The Bertz CT molecular complexity index is 1080. The molecule has 36 heavy (non-hydrogen) atoms. The van der Waals surface area contributed by atoms with Crippen LogP contribution in [0.25, 0.3) is 0 Å². The molecular weight excluding hydrogens is 470 g/mol. The lowest BCUT2D eigenvalue weighted by atomic mass is 9.87. The fourth-order valence-corrected chi connectivity index (χ4v) is 4.60. The lowest BCUT2D eigenvalue weighted by Gasteiger charge is -2.24. The first-order valence-electron chi connectivity index (χ1n) is 12.9. The van der Waals surface area contributed by atoms with E-state index in [0.29, 0.717) is 24.4 Å². The van der Waals surface area contributed by atoms with Crippen LogP contribution in [0.2, 0.25) is 0 Å². The van der Waals surface area contributed by atoms with Crippen molar-refractivity contribution < 1.29 is 14.3 Å². The van der Waals surface area contributed by atoms with Crippen LogP contribution in [0.5, 0.6) is 5.75 Å². The van der Waals surface area contributed by atoms with Crippen molar-refractivity contribution in [2.45, 2.75) is 72.6 Å². The topological polar surface area (TPSA) is 79.5 Å². The van der Waals surface area contributed by atoms with Gasteiger partial charge in [0.1, 0.15) is 5.75 Å². The van der Waals surface area contributed by atoms with Crippen LogP contribution in [-0.4, -0.2) is 23.5 Å². The van der Waals surface area contributed by atoms with Crippen molar-refractivity contribution in [2.75, 3.05) is 17.2 Å². The lowest BCUT2D eigenvalue weighted by molar-refractivity contribution is -0.128. The molecule has 1 saturated carbocycles. The van der Waals surface area contributed by atoms with Gasteiger partial charge in [-0.1, -0.05) is 51.3 Å². The Morgan fingerprint density at radius 3 is 2.42 bits per heavy atom. The summed E-state index contributed by atoms with van der Waals surface area (Å²) >= 11 is 5.39. The summed E-state index contributed by atoms with van der Waals surface area (Å²) in [4.78, 5) is 25.4. The molecule has 6 nitrogen and oxygen atoms in total. The molecule has 0 aromatic heterocycles. The van der Waals surface area contributed by atoms with Gasteiger partial charge in [0.15, 0.2) is 5.11 Å². The van der Waals surface area contributed by atoms with Gasteiger partial charge in [0.05, 0.1) is 6.61 Å². The zero-order valence-corrected chi connectivity index (χ0v) is 22.7. The zero-order chi connectivity index (χ0) is 26.1. The van der Waals surface area contributed by atoms with Crippen LogP contribution in [-0.2, 0) is 9.59 Å². The van der Waals surface area contributed by atoms with Crippen molar-refractivity contribution in [1.29, 1.82) is 0 Å². The summed E-state index contributed by atoms with van der Waals surface area (Å²) in [5, 5.41) is 9.12. The van der Waals surface area contributed by atoms with E-state index in [4.69, 9.17) is 17.0 Å². The van der Waals surface area contributed by atoms with Gasteiger partial charge in [0.2, 0.25) is 11.8 Å². The van der Waals surface area contributed by atoms with Gasteiger partial charge in [-0.3, -0.25) is 9.59 Å². The van der Waals surface area contributed by atoms with E-state index in [0.717, 1.165) is 49.0 Å². The summed E-state index contributed by atoms with van der Waals surface area (Å²) in [6.07, 6.45) is 6.75. The second kappa shape index (κ2) is 12.9. The maximum Gasteiger partial charge on any atom is 0.231 e. The molecule has 1 fully saturated rings. The highest BCUT2D eigenvalue weighted by molar-refractivity contribution is 7.80. The van der Waals surface area contributed by atoms with Crippen LogP contribution in [0.1, 0.15) is 69.9 Å². The molecule has 194 valence electrons. The van der Waals surface area contributed by atoms with Crippen LogP contribution in [0.15, 0.2) is 42.5 Å². The number of ether oxygens (including phenoxy) is 1. The minimum absolute atomic E-state index is 0.0750. The summed E-state index contributed by atoms with van der Waals surface area (Å²) in [5.74, 6) is 0.906. The number of hydrogen-bond acceptors (Lipinski definition) is 4. The first-order chi connectivity index (χ1) is 17.1. The second-order valence-corrected chi connectivity index (χ2v) is 10.8. The zero-order valence-electron chi connectivity index (χ0n) is 21.9. The third-order valence-corrected chi connectivity index (χ3v) is 6.96. The molecule has 2 aromatic carbocycles. The molecule has 1 aliphatic carbocycles. The summed E-state index contributed by atoms with van der Waals surface area (Å²) in [7, 11) is 0. The van der Waals surface area contributed by atoms with E-state index in [-0.39, 0.29) is 22.8 Å². The summed E-state index contributed by atoms with van der Waals surface area (Å²) in [6, 6.07) is 13.5. The Hall–Kier alpha value is -2.93. The quantitative estimate of drug-likeness (QED) is 0.265. The summed E-state index contributed by atoms with van der Waals surface area (Å²) in [5.41, 5.74) is 3.09. The van der Waals surface area contributed by atoms with Crippen LogP contribution < -0.4 is 20.7 Å². The normalized spacial score (nSPS) is 14.1. The van der Waals surface area contributed by atoms with Crippen molar-refractivity contribution in [3.05, 3.63) is 53.6 Å². The Morgan fingerprint density at radius 1 is 1.00 bits per heavy atom. The number of hydrogen-bond donors (Lipinski definition) is 3. The Morgan fingerprint density at radius 2 is 1.69 bits per heavy atom. The minimum atomic E-state index is -0.605. The third-order valence-electron chi connectivity index (χ3n) is 6.75. The van der Waals surface area contributed by atoms with Crippen LogP contribution >= 0.6 is 12.2 Å². The molecule has 0 spiro atoms. The van der Waals surface area contributed by atoms with Gasteiger partial charge in [0, 0.05) is 22.7 Å². The predicted octanol–water partition coefficient (Wildman–Crippen LogP) is 6.52. The van der Waals surface area contributed by atoms with E-state index in [1.807, 2.05) is 58.0 Å². The number of amides is 2. The number of benzene rings is 2. The van der Waals surface area contributed by atoms with E-state index >= 15 is 0 Å². The maximum absolute atomic E-state index is 12.9. The van der Waals surface area contributed by atoms with E-state index in [2.05, 4.69) is 28.1 Å². The van der Waals surface area contributed by atoms with Gasteiger partial charge >= 0.3 is 0 Å². The molecular formula is C29H39N3O3S. The molecule has 0 atom stereocenters. The lowest BCUT2D eigenvalue weighted by Crippen LogP contribution is -2.42. The molecule has 1 aliphatic rings. The number of anilines is 2. The summed E-state index contributed by atoms with van der Waals surface area (Å²) < 4.78 is 5.93. The van der Waals surface area contributed by atoms with E-state index in [1.165, 1.54) is 6.42 Å². The van der Waals surface area contributed by atoms with Gasteiger partial charge in [-0.25, -0.2) is 0 Å². The first-order valence-corrected chi connectivity index (χ1v) is 13.3. The summed E-state index contributed by atoms with van der Waals surface area (Å²) in [6.45, 7) is 8.43. The monoisotopic (exact) mass is 509 g/mol. The van der Waals surface area contributed by atoms with Crippen molar-refractivity contribution in [2.24, 2.45) is 11.3 Å². The number of thiocarbonyl (C=S) groups is 1. The molecule has 2 aromatic rings. The molecule has 0 bridgehead atoms. The van der Waals surface area contributed by atoms with Crippen molar-refractivity contribution in [1.82, 2.24) is 5.32 Å². The fraction of sp³-hybridized carbons (Fsp3) is 0.483. The minimum Gasteiger partial charge on any atom is -0.493 e. The average Bonchev–Trinajstić information content (AvgIpc) is 2.84. The largest absolute Gasteiger partial charge is 0.493 e. The Kier molecular flexibility index (Phi) is 9.88. The second-order valence-electron chi connectivity index (χ2n) is 10.4. The molecule has 0 radical (unpaired) electrons. The molecule has 3 rings (SSSR count). The first kappa shape index (κ1) is 27.7. The van der Waals surface area contributed by atoms with Gasteiger partial charge in [-0.05, 0) is 87.1 Å². The SMILES string of the molecule is Cc1ccc(C)c(OCCCC(C)(C)C(=O)NC(=S)Nc2cccc(NC(=O)C3CCCCC3)c2)c1. The molecule has 0 heterocycles. The molecule has 0 saturated heterocycles. The van der Waals surface area contributed by atoms with E-state index in [9.17, 15) is 9.59 Å². The van der Waals surface area contributed by atoms with Gasteiger partial charge in [-0.2, -0.15) is 0 Å². The van der Waals surface area contributed by atoms with Crippen molar-refractivity contribution >= 4 is 40.5 Å².